The average Bonchev–Trinajstić information content (AvgIpc) is 2.79. The number of halogens is 1. The highest BCUT2D eigenvalue weighted by Crippen LogP contribution is 2.39. The van der Waals surface area contributed by atoms with E-state index >= 15 is 0 Å². The van der Waals surface area contributed by atoms with Gasteiger partial charge in [-0.25, -0.2) is 0 Å². The number of ether oxygens (including phenoxy) is 2. The van der Waals surface area contributed by atoms with E-state index in [1.165, 1.54) is 31.2 Å². The minimum atomic E-state index is -0.225. The minimum Gasteiger partial charge on any atom is -0.348 e. The molecular formula is C25H35FO2. The largest absolute Gasteiger partial charge is 0.348 e. The van der Waals surface area contributed by atoms with Crippen molar-refractivity contribution in [3.63, 3.8) is 0 Å². The molecule has 3 fully saturated rings. The van der Waals surface area contributed by atoms with Crippen LogP contribution in [0.1, 0.15) is 74.7 Å². The number of allylic oxidation sites excluding steroid dienone is 1. The molecule has 2 nitrogen and oxygen atoms in total. The molecule has 1 heterocycles. The molecule has 4 rings (SSSR count). The fraction of sp³-hybridized carbons (Fsp3) is 0.680. The summed E-state index contributed by atoms with van der Waals surface area (Å²) in [7, 11) is 0. The lowest BCUT2D eigenvalue weighted by atomic mass is 9.76. The van der Waals surface area contributed by atoms with Crippen molar-refractivity contribution in [3.05, 3.63) is 48.0 Å². The maximum absolute atomic E-state index is 12.8. The summed E-state index contributed by atoms with van der Waals surface area (Å²) in [6, 6.07) is 8.78. The molecule has 3 aliphatic rings. The summed E-state index contributed by atoms with van der Waals surface area (Å²) >= 11 is 0. The van der Waals surface area contributed by atoms with E-state index in [4.69, 9.17) is 9.47 Å². The van der Waals surface area contributed by atoms with Gasteiger partial charge in [-0.2, -0.15) is 0 Å². The molecule has 0 unspecified atom stereocenters. The van der Waals surface area contributed by atoms with Gasteiger partial charge < -0.3 is 9.47 Å². The van der Waals surface area contributed by atoms with Gasteiger partial charge in [0.25, 0.3) is 0 Å². The lowest BCUT2D eigenvalue weighted by molar-refractivity contribution is -0.214. The Labute approximate surface area is 169 Å². The monoisotopic (exact) mass is 386 g/mol. The van der Waals surface area contributed by atoms with Crippen molar-refractivity contribution in [3.8, 4) is 0 Å². The number of rotatable bonds is 5. The molecule has 1 aromatic rings. The molecule has 0 radical (unpaired) electrons. The third kappa shape index (κ3) is 4.68. The van der Waals surface area contributed by atoms with E-state index in [1.54, 1.807) is 0 Å². The summed E-state index contributed by atoms with van der Waals surface area (Å²) in [5.74, 6) is 2.85. The molecule has 0 bridgehead atoms. The first-order valence-electron chi connectivity index (χ1n) is 11.3. The van der Waals surface area contributed by atoms with E-state index in [0.717, 1.165) is 50.4 Å². The van der Waals surface area contributed by atoms with Gasteiger partial charge in [-0.3, -0.25) is 4.39 Å². The van der Waals surface area contributed by atoms with E-state index in [0.29, 0.717) is 23.7 Å². The van der Waals surface area contributed by atoms with Gasteiger partial charge in [0.1, 0.15) is 0 Å². The molecule has 0 aromatic heterocycles. The van der Waals surface area contributed by atoms with Crippen LogP contribution in [0.5, 0.6) is 0 Å². The number of alkyl halides is 1. The first kappa shape index (κ1) is 20.1. The Morgan fingerprint density at radius 2 is 1.43 bits per heavy atom. The van der Waals surface area contributed by atoms with Gasteiger partial charge in [0.05, 0.1) is 19.9 Å². The minimum absolute atomic E-state index is 0.154. The van der Waals surface area contributed by atoms with Crippen molar-refractivity contribution in [2.24, 2.45) is 23.7 Å². The normalized spacial score (nSPS) is 36.8. The first-order valence-corrected chi connectivity index (χ1v) is 11.3. The molecule has 1 saturated heterocycles. The fourth-order valence-corrected chi connectivity index (χ4v) is 5.41. The van der Waals surface area contributed by atoms with Crippen LogP contribution < -0.4 is 0 Å². The van der Waals surface area contributed by atoms with E-state index in [2.05, 4.69) is 36.9 Å². The summed E-state index contributed by atoms with van der Waals surface area (Å²) in [5.41, 5.74) is 2.50. The van der Waals surface area contributed by atoms with Crippen molar-refractivity contribution >= 4 is 0 Å². The summed E-state index contributed by atoms with van der Waals surface area (Å²) in [4.78, 5) is 0. The molecule has 28 heavy (non-hydrogen) atoms. The Bertz CT molecular complexity index is 604. The van der Waals surface area contributed by atoms with Gasteiger partial charge in [-0.15, -0.1) is 6.58 Å². The van der Waals surface area contributed by atoms with E-state index in [-0.39, 0.29) is 13.0 Å². The Hall–Kier alpha value is -1.19. The molecule has 3 heteroatoms. The zero-order chi connectivity index (χ0) is 19.3. The maximum Gasteiger partial charge on any atom is 0.183 e. The van der Waals surface area contributed by atoms with E-state index in [1.807, 2.05) is 0 Å². The van der Waals surface area contributed by atoms with Gasteiger partial charge in [-0.05, 0) is 80.6 Å². The Kier molecular flexibility index (Phi) is 6.85. The second-order valence-electron chi connectivity index (χ2n) is 9.21. The fourth-order valence-electron chi connectivity index (χ4n) is 5.41. The van der Waals surface area contributed by atoms with Gasteiger partial charge in [0.15, 0.2) is 6.29 Å². The van der Waals surface area contributed by atoms with Crippen molar-refractivity contribution in [1.29, 1.82) is 0 Å². The Morgan fingerprint density at radius 1 is 0.821 bits per heavy atom. The maximum atomic E-state index is 12.8. The third-order valence-corrected chi connectivity index (χ3v) is 7.48. The topological polar surface area (TPSA) is 18.5 Å². The lowest BCUT2D eigenvalue weighted by Crippen LogP contribution is -2.34. The average molecular weight is 387 g/mol. The number of hydrogen-bond donors (Lipinski definition) is 0. The van der Waals surface area contributed by atoms with Crippen LogP contribution in [0, 0.1) is 23.7 Å². The van der Waals surface area contributed by atoms with Crippen LogP contribution in [0.25, 0.3) is 0 Å². The highest BCUT2D eigenvalue weighted by atomic mass is 19.1. The smallest absolute Gasteiger partial charge is 0.183 e. The summed E-state index contributed by atoms with van der Waals surface area (Å²) in [6.45, 7) is 5.41. The molecule has 2 aliphatic carbocycles. The van der Waals surface area contributed by atoms with Crippen LogP contribution in [0.4, 0.5) is 4.39 Å². The molecule has 0 spiro atoms. The van der Waals surface area contributed by atoms with E-state index in [9.17, 15) is 4.39 Å². The van der Waals surface area contributed by atoms with Crippen molar-refractivity contribution < 1.29 is 13.9 Å². The zero-order valence-electron chi connectivity index (χ0n) is 17.0. The molecule has 0 atom stereocenters. The third-order valence-electron chi connectivity index (χ3n) is 7.48. The molecule has 0 N–H and O–H groups in total. The van der Waals surface area contributed by atoms with Crippen molar-refractivity contribution in [2.75, 3.05) is 19.9 Å². The summed E-state index contributed by atoms with van der Waals surface area (Å²) in [5, 5.41) is 0. The van der Waals surface area contributed by atoms with Crippen LogP contribution >= 0.6 is 0 Å². The lowest BCUT2D eigenvalue weighted by Gasteiger charge is -2.37. The van der Waals surface area contributed by atoms with Crippen LogP contribution in [0.3, 0.4) is 0 Å². The van der Waals surface area contributed by atoms with Crippen LogP contribution in [-0.4, -0.2) is 19.9 Å². The zero-order valence-corrected chi connectivity index (χ0v) is 17.0. The second-order valence-corrected chi connectivity index (χ2v) is 9.21. The molecule has 0 amide bonds. The Morgan fingerprint density at radius 3 is 2.00 bits per heavy atom. The highest BCUT2D eigenvalue weighted by Gasteiger charge is 2.32. The summed E-state index contributed by atoms with van der Waals surface area (Å²) < 4.78 is 25.0. The predicted molar refractivity (Wildman–Crippen MR) is 111 cm³/mol. The van der Waals surface area contributed by atoms with Gasteiger partial charge >= 0.3 is 0 Å². The highest BCUT2D eigenvalue weighted by molar-refractivity contribution is 5.26. The molecule has 154 valence electrons. The molecule has 1 aliphatic heterocycles. The van der Waals surface area contributed by atoms with Crippen LogP contribution in [-0.2, 0) is 9.47 Å². The van der Waals surface area contributed by atoms with Gasteiger partial charge in [-0.1, -0.05) is 30.3 Å². The molecule has 1 aromatic carbocycles. The van der Waals surface area contributed by atoms with Crippen molar-refractivity contribution in [2.45, 2.75) is 63.6 Å². The van der Waals surface area contributed by atoms with Gasteiger partial charge in [0, 0.05) is 11.5 Å². The Balaban J connectivity index is 1.26. The van der Waals surface area contributed by atoms with Crippen molar-refractivity contribution in [1.82, 2.24) is 0 Å². The van der Waals surface area contributed by atoms with E-state index < -0.39 is 0 Å². The standard InChI is InChI=1S/C25H35FO2/c1-2-18-3-7-22(8-4-18)24-16-27-25(28-17-24)23-13-11-21(12-14-23)20-9-5-19(15-26)6-10-20/h2,11-14,18-20,22,24-25H,1,3-10,15-17H2. The SMILES string of the molecule is C=CC1CCC(C2COC(c3ccc(C4CCC(CF)CC4)cc3)OC2)CC1. The van der Waals surface area contributed by atoms with Gasteiger partial charge in [0.2, 0.25) is 0 Å². The first-order chi connectivity index (χ1) is 13.8. The predicted octanol–water partition coefficient (Wildman–Crippen LogP) is 6.58. The van der Waals surface area contributed by atoms with Crippen LogP contribution in [0.2, 0.25) is 0 Å². The van der Waals surface area contributed by atoms with Crippen LogP contribution in [0.15, 0.2) is 36.9 Å². The molecule has 2 saturated carbocycles. The summed E-state index contributed by atoms with van der Waals surface area (Å²) in [6.07, 6.45) is 11.2. The quantitative estimate of drug-likeness (QED) is 0.532. The number of hydrogen-bond acceptors (Lipinski definition) is 2. The number of benzene rings is 1. The molecular weight excluding hydrogens is 351 g/mol. The second kappa shape index (κ2) is 9.54.